The number of hydrogen-bond donors (Lipinski definition) is 1. The van der Waals surface area contributed by atoms with Crippen molar-refractivity contribution in [3.8, 4) is 5.75 Å². The maximum atomic E-state index is 12.8. The van der Waals surface area contributed by atoms with E-state index in [1.807, 2.05) is 31.2 Å². The molecule has 27 heavy (non-hydrogen) atoms. The van der Waals surface area contributed by atoms with Gasteiger partial charge in [-0.2, -0.15) is 0 Å². The third-order valence-electron chi connectivity index (χ3n) is 5.18. The van der Waals surface area contributed by atoms with Crippen LogP contribution in [0.1, 0.15) is 53.7 Å². The second kappa shape index (κ2) is 9.56. The SMILES string of the molecule is CCOc1ccccc1C(=O)NC[C@H](c1ccc(C)cc1)N1CCCCC1. The first-order valence-electron chi connectivity index (χ1n) is 9.99. The Kier molecular flexibility index (Phi) is 6.88. The number of aryl methyl sites for hydroxylation is 1. The lowest BCUT2D eigenvalue weighted by Crippen LogP contribution is -2.40. The number of ether oxygens (including phenoxy) is 1. The van der Waals surface area contributed by atoms with Crippen LogP contribution in [0.2, 0.25) is 0 Å². The van der Waals surface area contributed by atoms with Gasteiger partial charge in [0.15, 0.2) is 0 Å². The van der Waals surface area contributed by atoms with E-state index in [1.165, 1.54) is 30.4 Å². The molecule has 144 valence electrons. The van der Waals surface area contributed by atoms with E-state index in [0.29, 0.717) is 24.5 Å². The van der Waals surface area contributed by atoms with Gasteiger partial charge in [-0.15, -0.1) is 0 Å². The predicted octanol–water partition coefficient (Wildman–Crippen LogP) is 4.35. The molecule has 3 rings (SSSR count). The summed E-state index contributed by atoms with van der Waals surface area (Å²) in [5.74, 6) is 0.565. The Morgan fingerprint density at radius 1 is 1.07 bits per heavy atom. The largest absolute Gasteiger partial charge is 0.493 e. The third-order valence-corrected chi connectivity index (χ3v) is 5.18. The molecule has 2 aromatic carbocycles. The topological polar surface area (TPSA) is 41.6 Å². The average molecular weight is 367 g/mol. The van der Waals surface area contributed by atoms with Gasteiger partial charge in [0.25, 0.3) is 5.91 Å². The summed E-state index contributed by atoms with van der Waals surface area (Å²) in [5, 5.41) is 3.15. The zero-order valence-corrected chi connectivity index (χ0v) is 16.4. The number of carbonyl (C=O) groups is 1. The van der Waals surface area contributed by atoms with Gasteiger partial charge in [0, 0.05) is 6.54 Å². The molecule has 1 atom stereocenters. The summed E-state index contributed by atoms with van der Waals surface area (Å²) in [4.78, 5) is 15.3. The first kappa shape index (κ1) is 19.4. The van der Waals surface area contributed by atoms with Gasteiger partial charge in [0.05, 0.1) is 18.2 Å². The van der Waals surface area contributed by atoms with Crippen LogP contribution in [0.25, 0.3) is 0 Å². The Morgan fingerprint density at radius 3 is 2.48 bits per heavy atom. The van der Waals surface area contributed by atoms with Gasteiger partial charge in [0.2, 0.25) is 0 Å². The minimum atomic E-state index is -0.0758. The zero-order chi connectivity index (χ0) is 19.1. The Labute approximate surface area is 162 Å². The number of carbonyl (C=O) groups excluding carboxylic acids is 1. The minimum Gasteiger partial charge on any atom is -0.493 e. The van der Waals surface area contributed by atoms with Crippen molar-refractivity contribution in [3.63, 3.8) is 0 Å². The van der Waals surface area contributed by atoms with Crippen molar-refractivity contribution in [2.75, 3.05) is 26.2 Å². The molecule has 4 heteroatoms. The highest BCUT2D eigenvalue weighted by molar-refractivity contribution is 5.96. The number of hydrogen-bond acceptors (Lipinski definition) is 3. The highest BCUT2D eigenvalue weighted by Gasteiger charge is 2.23. The maximum absolute atomic E-state index is 12.8. The summed E-state index contributed by atoms with van der Waals surface area (Å²) in [6.07, 6.45) is 3.75. The summed E-state index contributed by atoms with van der Waals surface area (Å²) in [6.45, 7) is 7.35. The number of benzene rings is 2. The molecule has 0 aromatic heterocycles. The predicted molar refractivity (Wildman–Crippen MR) is 109 cm³/mol. The van der Waals surface area contributed by atoms with E-state index < -0.39 is 0 Å². The highest BCUT2D eigenvalue weighted by atomic mass is 16.5. The van der Waals surface area contributed by atoms with Crippen LogP contribution in [-0.4, -0.2) is 37.0 Å². The van der Waals surface area contributed by atoms with Gasteiger partial charge < -0.3 is 10.1 Å². The van der Waals surface area contributed by atoms with E-state index in [0.717, 1.165) is 13.1 Å². The Morgan fingerprint density at radius 2 is 1.78 bits per heavy atom. The molecule has 1 aliphatic heterocycles. The van der Waals surface area contributed by atoms with Crippen molar-refractivity contribution in [1.29, 1.82) is 0 Å². The number of likely N-dealkylation sites (tertiary alicyclic amines) is 1. The Hall–Kier alpha value is -2.33. The van der Waals surface area contributed by atoms with Gasteiger partial charge in [-0.05, 0) is 57.5 Å². The lowest BCUT2D eigenvalue weighted by Gasteiger charge is -2.35. The summed E-state index contributed by atoms with van der Waals surface area (Å²) in [6, 6.07) is 16.3. The van der Waals surface area contributed by atoms with Gasteiger partial charge in [-0.1, -0.05) is 48.4 Å². The number of nitrogens with one attached hydrogen (secondary N) is 1. The quantitative estimate of drug-likeness (QED) is 0.792. The second-order valence-corrected chi connectivity index (χ2v) is 7.16. The van der Waals surface area contributed by atoms with Crippen molar-refractivity contribution >= 4 is 5.91 Å². The fraction of sp³-hybridized carbons (Fsp3) is 0.435. The standard InChI is InChI=1S/C23H30N2O2/c1-3-27-22-10-6-5-9-20(22)23(26)24-17-21(25-15-7-4-8-16-25)19-13-11-18(2)12-14-19/h5-6,9-14,21H,3-4,7-8,15-17H2,1-2H3,(H,24,26)/t21-/m1/s1. The smallest absolute Gasteiger partial charge is 0.255 e. The first-order chi connectivity index (χ1) is 13.2. The lowest BCUT2D eigenvalue weighted by atomic mass is 10.0. The molecular formula is C23H30N2O2. The summed E-state index contributed by atoms with van der Waals surface area (Å²) in [7, 11) is 0. The summed E-state index contributed by atoms with van der Waals surface area (Å²) >= 11 is 0. The molecule has 1 fully saturated rings. The summed E-state index contributed by atoms with van der Waals surface area (Å²) < 4.78 is 5.61. The highest BCUT2D eigenvalue weighted by Crippen LogP contribution is 2.25. The zero-order valence-electron chi connectivity index (χ0n) is 16.4. The summed E-state index contributed by atoms with van der Waals surface area (Å²) in [5.41, 5.74) is 3.12. The van der Waals surface area contributed by atoms with Crippen molar-refractivity contribution < 1.29 is 9.53 Å². The molecule has 0 spiro atoms. The van der Waals surface area contributed by atoms with Gasteiger partial charge in [-0.25, -0.2) is 0 Å². The fourth-order valence-electron chi connectivity index (χ4n) is 3.70. The van der Waals surface area contributed by atoms with E-state index >= 15 is 0 Å². The van der Waals surface area contributed by atoms with Gasteiger partial charge in [0.1, 0.15) is 5.75 Å². The minimum absolute atomic E-state index is 0.0758. The fourth-order valence-corrected chi connectivity index (χ4v) is 3.70. The van der Waals surface area contributed by atoms with Crippen LogP contribution in [-0.2, 0) is 0 Å². The van der Waals surface area contributed by atoms with Gasteiger partial charge in [-0.3, -0.25) is 9.69 Å². The molecule has 1 N–H and O–H groups in total. The molecule has 2 aromatic rings. The number of piperidine rings is 1. The number of para-hydroxylation sites is 1. The van der Waals surface area contributed by atoms with Crippen LogP contribution in [0, 0.1) is 6.92 Å². The lowest BCUT2D eigenvalue weighted by molar-refractivity contribution is 0.0920. The van der Waals surface area contributed by atoms with E-state index in [4.69, 9.17) is 4.74 Å². The second-order valence-electron chi connectivity index (χ2n) is 7.16. The van der Waals surface area contributed by atoms with Crippen LogP contribution in [0.4, 0.5) is 0 Å². The number of amides is 1. The van der Waals surface area contributed by atoms with Crippen LogP contribution < -0.4 is 10.1 Å². The number of rotatable bonds is 7. The molecule has 0 aliphatic carbocycles. The molecule has 1 heterocycles. The Bertz CT molecular complexity index is 736. The van der Waals surface area contributed by atoms with E-state index in [1.54, 1.807) is 0 Å². The average Bonchev–Trinajstić information content (AvgIpc) is 2.71. The maximum Gasteiger partial charge on any atom is 0.255 e. The van der Waals surface area contributed by atoms with Crippen molar-refractivity contribution in [2.45, 2.75) is 39.2 Å². The number of nitrogens with zero attached hydrogens (tertiary/aromatic N) is 1. The molecule has 1 amide bonds. The third kappa shape index (κ3) is 5.10. The van der Waals surface area contributed by atoms with Crippen LogP contribution in [0.15, 0.2) is 48.5 Å². The Balaban J connectivity index is 1.74. The van der Waals surface area contributed by atoms with Crippen LogP contribution >= 0.6 is 0 Å². The van der Waals surface area contributed by atoms with Crippen LogP contribution in [0.5, 0.6) is 5.75 Å². The molecule has 1 saturated heterocycles. The molecule has 0 radical (unpaired) electrons. The van der Waals surface area contributed by atoms with Gasteiger partial charge >= 0.3 is 0 Å². The molecular weight excluding hydrogens is 336 g/mol. The van der Waals surface area contributed by atoms with Crippen molar-refractivity contribution in [1.82, 2.24) is 10.2 Å². The van der Waals surface area contributed by atoms with Crippen molar-refractivity contribution in [2.24, 2.45) is 0 Å². The van der Waals surface area contributed by atoms with E-state index in [-0.39, 0.29) is 11.9 Å². The van der Waals surface area contributed by atoms with E-state index in [2.05, 4.69) is 41.4 Å². The van der Waals surface area contributed by atoms with Crippen LogP contribution in [0.3, 0.4) is 0 Å². The van der Waals surface area contributed by atoms with Crippen molar-refractivity contribution in [3.05, 3.63) is 65.2 Å². The molecule has 0 unspecified atom stereocenters. The van der Waals surface area contributed by atoms with E-state index in [9.17, 15) is 4.79 Å². The molecule has 1 aliphatic rings. The first-order valence-corrected chi connectivity index (χ1v) is 9.99. The monoisotopic (exact) mass is 366 g/mol. The molecule has 0 saturated carbocycles. The normalized spacial score (nSPS) is 15.9. The molecule has 0 bridgehead atoms. The molecule has 4 nitrogen and oxygen atoms in total.